The van der Waals surface area contributed by atoms with E-state index in [0.29, 0.717) is 17.3 Å². The molecule has 1 aromatic heterocycles. The van der Waals surface area contributed by atoms with Gasteiger partial charge in [0.1, 0.15) is 15.8 Å². The highest BCUT2D eigenvalue weighted by molar-refractivity contribution is 7.17. The van der Waals surface area contributed by atoms with E-state index in [1.54, 1.807) is 11.3 Å². The molecule has 8 heteroatoms. The largest absolute Gasteiger partial charge is 0.489 e. The van der Waals surface area contributed by atoms with E-state index in [1.165, 1.54) is 11.1 Å². The Morgan fingerprint density at radius 1 is 1.26 bits per heavy atom. The maximum atomic E-state index is 11.4. The highest BCUT2D eigenvalue weighted by Gasteiger charge is 2.25. The summed E-state index contributed by atoms with van der Waals surface area (Å²) >= 11 is 7.99. The lowest BCUT2D eigenvalue weighted by atomic mass is 9.95. The number of hydrogen-bond acceptors (Lipinski definition) is 6. The van der Waals surface area contributed by atoms with Gasteiger partial charge in [0.25, 0.3) is 0 Å². The smallest absolute Gasteiger partial charge is 0.307 e. The molecule has 0 saturated carbocycles. The summed E-state index contributed by atoms with van der Waals surface area (Å²) in [5.41, 5.74) is 4.60. The number of aromatic nitrogens is 2. The van der Waals surface area contributed by atoms with Crippen molar-refractivity contribution in [3.63, 3.8) is 0 Å². The molecule has 3 aromatic rings. The second-order valence-electron chi connectivity index (χ2n) is 9.25. The van der Waals surface area contributed by atoms with Crippen LogP contribution in [-0.2, 0) is 17.6 Å². The average Bonchev–Trinajstić information content (AvgIpc) is 3.34. The van der Waals surface area contributed by atoms with Gasteiger partial charge in [-0.1, -0.05) is 48.1 Å². The number of benzene rings is 2. The molecule has 6 nitrogen and oxygen atoms in total. The molecule has 0 amide bonds. The SMILES string of the molecule is CCc1c(CCN2CCC[C@H](C(=O)O)C2)cccc1-c1nnc(-c2ccc(OC(C)C)c(Cl)c2)s1. The summed E-state index contributed by atoms with van der Waals surface area (Å²) in [4.78, 5) is 13.7. The van der Waals surface area contributed by atoms with Crippen molar-refractivity contribution in [1.82, 2.24) is 15.1 Å². The molecule has 35 heavy (non-hydrogen) atoms. The van der Waals surface area contributed by atoms with Crippen LogP contribution in [0.3, 0.4) is 0 Å². The Hall–Kier alpha value is -2.48. The Balaban J connectivity index is 1.52. The zero-order chi connectivity index (χ0) is 24.9. The zero-order valence-electron chi connectivity index (χ0n) is 20.5. The third kappa shape index (κ3) is 6.21. The van der Waals surface area contributed by atoms with Crippen molar-refractivity contribution in [3.05, 3.63) is 52.5 Å². The monoisotopic (exact) mass is 513 g/mol. The summed E-state index contributed by atoms with van der Waals surface area (Å²) in [6.45, 7) is 8.58. The van der Waals surface area contributed by atoms with Crippen LogP contribution in [0.5, 0.6) is 5.75 Å². The van der Waals surface area contributed by atoms with Crippen molar-refractivity contribution >= 4 is 28.9 Å². The van der Waals surface area contributed by atoms with Gasteiger partial charge in [-0.05, 0) is 75.4 Å². The lowest BCUT2D eigenvalue weighted by Crippen LogP contribution is -2.39. The fraction of sp³-hybridized carbons (Fsp3) is 0.444. The van der Waals surface area contributed by atoms with E-state index in [4.69, 9.17) is 16.3 Å². The van der Waals surface area contributed by atoms with Crippen LogP contribution >= 0.6 is 22.9 Å². The zero-order valence-corrected chi connectivity index (χ0v) is 22.0. The predicted octanol–water partition coefficient (Wildman–Crippen LogP) is 6.21. The van der Waals surface area contributed by atoms with Crippen molar-refractivity contribution in [3.8, 4) is 26.9 Å². The standard InChI is InChI=1S/C27H32ClN3O3S/c1-4-21-18(12-14-31-13-6-8-20(16-31)27(32)33)7-5-9-22(21)26-30-29-25(35-26)19-10-11-24(23(28)15-19)34-17(2)3/h5,7,9-11,15,17,20H,4,6,8,12-14,16H2,1-3H3,(H,32,33)/t20-/m0/s1. The first kappa shape index (κ1) is 25.6. The first-order chi connectivity index (χ1) is 16.9. The third-order valence-corrected chi connectivity index (χ3v) is 7.68. The van der Waals surface area contributed by atoms with Crippen LogP contribution in [0.15, 0.2) is 36.4 Å². The molecule has 2 aromatic carbocycles. The van der Waals surface area contributed by atoms with Crippen molar-refractivity contribution in [1.29, 1.82) is 0 Å². The second-order valence-corrected chi connectivity index (χ2v) is 10.6. The van der Waals surface area contributed by atoms with Gasteiger partial charge in [-0.2, -0.15) is 0 Å². The van der Waals surface area contributed by atoms with Crippen molar-refractivity contribution in [2.75, 3.05) is 19.6 Å². The van der Waals surface area contributed by atoms with Crippen LogP contribution in [0.25, 0.3) is 21.1 Å². The molecule has 0 aliphatic carbocycles. The molecule has 4 rings (SSSR count). The van der Waals surface area contributed by atoms with E-state index in [1.807, 2.05) is 32.0 Å². The van der Waals surface area contributed by atoms with Crippen molar-refractivity contribution < 1.29 is 14.6 Å². The summed E-state index contributed by atoms with van der Waals surface area (Å²) in [6, 6.07) is 12.1. The molecule has 1 aliphatic rings. The molecule has 1 fully saturated rings. The van der Waals surface area contributed by atoms with Crippen molar-refractivity contribution in [2.24, 2.45) is 5.92 Å². The van der Waals surface area contributed by atoms with E-state index >= 15 is 0 Å². The minimum atomic E-state index is -0.679. The number of carboxylic acid groups (broad SMARTS) is 1. The molecule has 2 heterocycles. The number of likely N-dealkylation sites (tertiary alicyclic amines) is 1. The summed E-state index contributed by atoms with van der Waals surface area (Å²) in [5.74, 6) is -0.263. The number of aliphatic carboxylic acids is 1. The minimum absolute atomic E-state index is 0.0553. The highest BCUT2D eigenvalue weighted by atomic mass is 35.5. The summed E-state index contributed by atoms with van der Waals surface area (Å²) in [6.07, 6.45) is 3.56. The number of piperidine rings is 1. The Morgan fingerprint density at radius 2 is 2.06 bits per heavy atom. The molecule has 186 valence electrons. The number of rotatable bonds is 9. The molecule has 1 N–H and O–H groups in total. The fourth-order valence-electron chi connectivity index (χ4n) is 4.66. The normalized spacial score (nSPS) is 16.5. The molecule has 1 atom stereocenters. The Kier molecular flexibility index (Phi) is 8.42. The number of ether oxygens (including phenoxy) is 1. The predicted molar refractivity (Wildman–Crippen MR) is 141 cm³/mol. The fourth-order valence-corrected chi connectivity index (χ4v) is 5.78. The van der Waals surface area contributed by atoms with Crippen LogP contribution in [0.2, 0.25) is 5.02 Å². The first-order valence-electron chi connectivity index (χ1n) is 12.2. The van der Waals surface area contributed by atoms with Gasteiger partial charge < -0.3 is 14.7 Å². The molecule has 1 aliphatic heterocycles. The quantitative estimate of drug-likeness (QED) is 0.366. The topological polar surface area (TPSA) is 75.6 Å². The number of hydrogen-bond donors (Lipinski definition) is 1. The lowest BCUT2D eigenvalue weighted by Gasteiger charge is -2.30. The van der Waals surface area contributed by atoms with Crippen LogP contribution in [0.1, 0.15) is 44.7 Å². The number of halogens is 1. The van der Waals surface area contributed by atoms with E-state index in [0.717, 1.165) is 59.9 Å². The molecule has 0 bridgehead atoms. The summed E-state index contributed by atoms with van der Waals surface area (Å²) in [7, 11) is 0. The van der Waals surface area contributed by atoms with Gasteiger partial charge >= 0.3 is 5.97 Å². The van der Waals surface area contributed by atoms with Gasteiger partial charge in [0, 0.05) is 24.2 Å². The second kappa shape index (κ2) is 11.5. The van der Waals surface area contributed by atoms with Crippen LogP contribution in [0, 0.1) is 5.92 Å². The molecule has 0 radical (unpaired) electrons. The van der Waals surface area contributed by atoms with Gasteiger partial charge in [-0.15, -0.1) is 10.2 Å². The maximum absolute atomic E-state index is 11.4. The third-order valence-electron chi connectivity index (χ3n) is 6.38. The van der Waals surface area contributed by atoms with E-state index in [2.05, 4.69) is 40.2 Å². The van der Waals surface area contributed by atoms with Gasteiger partial charge in [0.15, 0.2) is 0 Å². The lowest BCUT2D eigenvalue weighted by molar-refractivity contribution is -0.143. The van der Waals surface area contributed by atoms with Gasteiger partial charge in [-0.25, -0.2) is 0 Å². The van der Waals surface area contributed by atoms with Crippen LogP contribution in [-0.4, -0.2) is 51.9 Å². The summed E-state index contributed by atoms with van der Waals surface area (Å²) < 4.78 is 5.74. The van der Waals surface area contributed by atoms with E-state index in [9.17, 15) is 9.90 Å². The summed E-state index contributed by atoms with van der Waals surface area (Å²) in [5, 5.41) is 20.6. The molecular weight excluding hydrogens is 482 g/mol. The van der Waals surface area contributed by atoms with Gasteiger partial charge in [0.2, 0.25) is 0 Å². The Bertz CT molecular complexity index is 1180. The maximum Gasteiger partial charge on any atom is 0.307 e. The molecular formula is C27H32ClN3O3S. The van der Waals surface area contributed by atoms with E-state index < -0.39 is 5.97 Å². The van der Waals surface area contributed by atoms with Crippen molar-refractivity contribution in [2.45, 2.75) is 52.6 Å². The van der Waals surface area contributed by atoms with E-state index in [-0.39, 0.29) is 12.0 Å². The molecule has 0 spiro atoms. The Labute approximate surface area is 215 Å². The minimum Gasteiger partial charge on any atom is -0.489 e. The highest BCUT2D eigenvalue weighted by Crippen LogP contribution is 2.36. The number of carbonyl (C=O) groups is 1. The molecule has 0 unspecified atom stereocenters. The van der Waals surface area contributed by atoms with Crippen LogP contribution in [0.4, 0.5) is 0 Å². The number of carboxylic acids is 1. The van der Waals surface area contributed by atoms with Crippen LogP contribution < -0.4 is 4.74 Å². The first-order valence-corrected chi connectivity index (χ1v) is 13.4. The number of nitrogens with zero attached hydrogens (tertiary/aromatic N) is 3. The Morgan fingerprint density at radius 3 is 2.77 bits per heavy atom. The van der Waals surface area contributed by atoms with Gasteiger partial charge in [-0.3, -0.25) is 4.79 Å². The average molecular weight is 514 g/mol. The van der Waals surface area contributed by atoms with Gasteiger partial charge in [0.05, 0.1) is 17.0 Å². The molecule has 1 saturated heterocycles.